The molecule has 0 unspecified atom stereocenters. The van der Waals surface area contributed by atoms with Crippen LogP contribution in [-0.4, -0.2) is 50.3 Å². The van der Waals surface area contributed by atoms with E-state index in [4.69, 9.17) is 25.8 Å². The summed E-state index contributed by atoms with van der Waals surface area (Å²) in [6.07, 6.45) is -2.55. The van der Waals surface area contributed by atoms with Crippen molar-refractivity contribution >= 4 is 46.0 Å². The van der Waals surface area contributed by atoms with E-state index < -0.39 is 30.4 Å². The molecule has 1 saturated heterocycles. The molecule has 11 heteroatoms. The Morgan fingerprint density at radius 3 is 2.68 bits per heavy atom. The molecule has 0 aliphatic carbocycles. The van der Waals surface area contributed by atoms with Crippen molar-refractivity contribution in [1.29, 1.82) is 0 Å². The predicted octanol–water partition coefficient (Wildman–Crippen LogP) is 2.97. The number of fused-ring (bicyclic) bond motifs is 1. The van der Waals surface area contributed by atoms with Crippen molar-refractivity contribution in [2.45, 2.75) is 39.2 Å². The zero-order valence-electron chi connectivity index (χ0n) is 16.8. The maximum absolute atomic E-state index is 11.8. The monoisotopic (exact) mass is 460 g/mol. The number of halogens is 1. The highest BCUT2D eigenvalue weighted by Crippen LogP contribution is 2.38. The molecule has 9 nitrogen and oxygen atoms in total. The van der Waals surface area contributed by atoms with Crippen molar-refractivity contribution in [2.24, 2.45) is 0 Å². The SMILES string of the molecule is CC#Cc1nc(Cl)c2nc(-c3cccs3)n([C@@H]3OC[C@@H](OC(C)=O)[C@H]3OC(C)=O)c2n1. The Kier molecular flexibility index (Phi) is 5.91. The van der Waals surface area contributed by atoms with E-state index >= 15 is 0 Å². The van der Waals surface area contributed by atoms with E-state index in [9.17, 15) is 9.59 Å². The van der Waals surface area contributed by atoms with Gasteiger partial charge in [0, 0.05) is 13.8 Å². The Morgan fingerprint density at radius 2 is 2.03 bits per heavy atom. The molecule has 0 amide bonds. The molecule has 0 bridgehead atoms. The van der Waals surface area contributed by atoms with E-state index in [0.29, 0.717) is 17.0 Å². The van der Waals surface area contributed by atoms with Crippen LogP contribution >= 0.6 is 22.9 Å². The molecule has 160 valence electrons. The minimum absolute atomic E-state index is 0.0339. The van der Waals surface area contributed by atoms with Crippen molar-refractivity contribution in [3.05, 3.63) is 28.5 Å². The highest BCUT2D eigenvalue weighted by atomic mass is 35.5. The van der Waals surface area contributed by atoms with Crippen LogP contribution in [0.5, 0.6) is 0 Å². The van der Waals surface area contributed by atoms with Crippen LogP contribution < -0.4 is 0 Å². The maximum Gasteiger partial charge on any atom is 0.303 e. The molecule has 4 heterocycles. The molecule has 1 fully saturated rings. The summed E-state index contributed by atoms with van der Waals surface area (Å²) in [4.78, 5) is 37.5. The van der Waals surface area contributed by atoms with Gasteiger partial charge < -0.3 is 14.2 Å². The zero-order valence-corrected chi connectivity index (χ0v) is 18.4. The average Bonchev–Trinajstić information content (AvgIpc) is 3.41. The molecular formula is C20H17ClN4O5S. The van der Waals surface area contributed by atoms with Gasteiger partial charge in [0.05, 0.1) is 11.5 Å². The molecule has 0 saturated carbocycles. The number of hydrogen-bond donors (Lipinski definition) is 0. The second-order valence-corrected chi connectivity index (χ2v) is 7.92. The Bertz CT molecular complexity index is 1210. The van der Waals surface area contributed by atoms with E-state index in [1.165, 1.54) is 25.2 Å². The van der Waals surface area contributed by atoms with Crippen molar-refractivity contribution in [3.63, 3.8) is 0 Å². The first kappa shape index (κ1) is 21.2. The molecule has 1 aliphatic heterocycles. The number of esters is 2. The number of nitrogens with zero attached hydrogens (tertiary/aromatic N) is 4. The van der Waals surface area contributed by atoms with Crippen LogP contribution in [-0.2, 0) is 23.8 Å². The number of carbonyl (C=O) groups excluding carboxylic acids is 2. The lowest BCUT2D eigenvalue weighted by Crippen LogP contribution is -2.36. The van der Waals surface area contributed by atoms with Gasteiger partial charge in [-0.3, -0.25) is 14.2 Å². The van der Waals surface area contributed by atoms with E-state index in [0.717, 1.165) is 4.88 Å². The van der Waals surface area contributed by atoms with Gasteiger partial charge in [-0.15, -0.1) is 11.3 Å². The number of ether oxygens (including phenoxy) is 3. The van der Waals surface area contributed by atoms with Crippen LogP contribution in [0.25, 0.3) is 21.9 Å². The number of carbonyl (C=O) groups is 2. The number of aromatic nitrogens is 4. The molecule has 0 spiro atoms. The summed E-state index contributed by atoms with van der Waals surface area (Å²) in [5.41, 5.74) is 0.722. The molecule has 3 atom stereocenters. The topological polar surface area (TPSA) is 105 Å². The summed E-state index contributed by atoms with van der Waals surface area (Å²) in [6.45, 7) is 4.26. The highest BCUT2D eigenvalue weighted by molar-refractivity contribution is 7.13. The first-order valence-corrected chi connectivity index (χ1v) is 10.5. The predicted molar refractivity (Wildman–Crippen MR) is 112 cm³/mol. The van der Waals surface area contributed by atoms with Gasteiger partial charge in [-0.25, -0.2) is 15.0 Å². The minimum Gasteiger partial charge on any atom is -0.456 e. The summed E-state index contributed by atoms with van der Waals surface area (Å²) in [7, 11) is 0. The summed E-state index contributed by atoms with van der Waals surface area (Å²) in [6, 6.07) is 3.77. The Hall–Kier alpha value is -3.00. The number of imidazole rings is 1. The maximum atomic E-state index is 11.8. The molecule has 0 aromatic carbocycles. The van der Waals surface area contributed by atoms with Gasteiger partial charge in [0.2, 0.25) is 5.82 Å². The third-order valence-corrected chi connectivity index (χ3v) is 5.56. The van der Waals surface area contributed by atoms with E-state index in [1.54, 1.807) is 11.5 Å². The molecule has 0 N–H and O–H groups in total. The van der Waals surface area contributed by atoms with Gasteiger partial charge in [-0.2, -0.15) is 0 Å². The third-order valence-electron chi connectivity index (χ3n) is 4.43. The van der Waals surface area contributed by atoms with Crippen molar-refractivity contribution in [2.75, 3.05) is 6.61 Å². The zero-order chi connectivity index (χ0) is 22.1. The van der Waals surface area contributed by atoms with Crippen molar-refractivity contribution < 1.29 is 23.8 Å². The Morgan fingerprint density at radius 1 is 1.26 bits per heavy atom. The molecule has 31 heavy (non-hydrogen) atoms. The first-order chi connectivity index (χ1) is 14.9. The van der Waals surface area contributed by atoms with Crippen LogP contribution in [0, 0.1) is 11.8 Å². The van der Waals surface area contributed by atoms with Crippen LogP contribution in [0.2, 0.25) is 5.15 Å². The number of thiophene rings is 1. The fourth-order valence-electron chi connectivity index (χ4n) is 3.36. The molecule has 3 aromatic heterocycles. The summed E-state index contributed by atoms with van der Waals surface area (Å²) in [5.74, 6) is 5.22. The van der Waals surface area contributed by atoms with Gasteiger partial charge in [0.15, 0.2) is 35.1 Å². The summed E-state index contributed by atoms with van der Waals surface area (Å²) < 4.78 is 18.5. The van der Waals surface area contributed by atoms with Gasteiger partial charge in [-0.05, 0) is 24.3 Å². The summed E-state index contributed by atoms with van der Waals surface area (Å²) in [5, 5.41) is 2.04. The van der Waals surface area contributed by atoms with E-state index in [-0.39, 0.29) is 17.6 Å². The lowest BCUT2D eigenvalue weighted by Gasteiger charge is -2.24. The van der Waals surface area contributed by atoms with Gasteiger partial charge in [0.1, 0.15) is 5.52 Å². The molecule has 3 aromatic rings. The lowest BCUT2D eigenvalue weighted by atomic mass is 10.2. The summed E-state index contributed by atoms with van der Waals surface area (Å²) >= 11 is 7.84. The first-order valence-electron chi connectivity index (χ1n) is 9.27. The smallest absolute Gasteiger partial charge is 0.303 e. The second-order valence-electron chi connectivity index (χ2n) is 6.61. The second kappa shape index (κ2) is 8.63. The normalized spacial score (nSPS) is 20.3. The fraction of sp³-hybridized carbons (Fsp3) is 0.350. The highest BCUT2D eigenvalue weighted by Gasteiger charge is 2.45. The Labute approximate surface area is 186 Å². The van der Waals surface area contributed by atoms with Gasteiger partial charge in [-0.1, -0.05) is 23.6 Å². The van der Waals surface area contributed by atoms with Crippen LogP contribution in [0.1, 0.15) is 32.8 Å². The standard InChI is InChI=1S/C20H17ClN4O5S/c1-4-6-14-22-17(21)15-19(23-14)25(18(24-15)13-7-5-8-31-13)20-16(30-11(3)27)12(9-28-20)29-10(2)26/h5,7-8,12,16,20H,9H2,1-3H3/t12-,16-,20-/m1/s1. The number of hydrogen-bond acceptors (Lipinski definition) is 9. The van der Waals surface area contributed by atoms with Crippen LogP contribution in [0.3, 0.4) is 0 Å². The largest absolute Gasteiger partial charge is 0.456 e. The van der Waals surface area contributed by atoms with Crippen molar-refractivity contribution in [1.82, 2.24) is 19.5 Å². The Balaban J connectivity index is 1.93. The van der Waals surface area contributed by atoms with Crippen LogP contribution in [0.4, 0.5) is 0 Å². The van der Waals surface area contributed by atoms with Gasteiger partial charge in [0.25, 0.3) is 0 Å². The minimum atomic E-state index is -0.910. The van der Waals surface area contributed by atoms with E-state index in [2.05, 4.69) is 26.8 Å². The lowest BCUT2D eigenvalue weighted by molar-refractivity contribution is -0.164. The van der Waals surface area contributed by atoms with Crippen LogP contribution in [0.15, 0.2) is 17.5 Å². The molecule has 4 rings (SSSR count). The fourth-order valence-corrected chi connectivity index (χ4v) is 4.27. The molecule has 0 radical (unpaired) electrons. The number of rotatable bonds is 4. The third kappa shape index (κ3) is 4.12. The molecule has 1 aliphatic rings. The quantitative estimate of drug-likeness (QED) is 0.332. The van der Waals surface area contributed by atoms with E-state index in [1.807, 2.05) is 17.5 Å². The molecular weight excluding hydrogens is 444 g/mol. The average molecular weight is 461 g/mol. The van der Waals surface area contributed by atoms with Crippen molar-refractivity contribution in [3.8, 4) is 22.5 Å². The van der Waals surface area contributed by atoms with Gasteiger partial charge >= 0.3 is 11.9 Å².